The summed E-state index contributed by atoms with van der Waals surface area (Å²) in [5.74, 6) is 0. The predicted molar refractivity (Wildman–Crippen MR) is 88.5 cm³/mol. The Morgan fingerprint density at radius 1 is 0.950 bits per heavy atom. The van der Waals surface area contributed by atoms with Crippen molar-refractivity contribution < 1.29 is 0 Å². The Bertz CT molecular complexity index is 684. The van der Waals surface area contributed by atoms with E-state index in [-0.39, 0.29) is 0 Å². The van der Waals surface area contributed by atoms with Crippen LogP contribution in [0.2, 0.25) is 0 Å². The molecule has 0 aliphatic carbocycles. The SMILES string of the molecule is CC.CSc1ccc2nc(-c3ccc(C)cc3)cn2c1. The Morgan fingerprint density at radius 3 is 2.30 bits per heavy atom. The molecule has 0 fully saturated rings. The van der Waals surface area contributed by atoms with E-state index in [9.17, 15) is 0 Å². The highest BCUT2D eigenvalue weighted by molar-refractivity contribution is 7.98. The molecule has 20 heavy (non-hydrogen) atoms. The fourth-order valence-corrected chi connectivity index (χ4v) is 2.38. The maximum atomic E-state index is 4.64. The van der Waals surface area contributed by atoms with E-state index in [0.717, 1.165) is 16.9 Å². The van der Waals surface area contributed by atoms with Gasteiger partial charge in [0.25, 0.3) is 0 Å². The monoisotopic (exact) mass is 284 g/mol. The van der Waals surface area contributed by atoms with Gasteiger partial charge in [-0.1, -0.05) is 43.7 Å². The van der Waals surface area contributed by atoms with Crippen LogP contribution in [0.4, 0.5) is 0 Å². The summed E-state index contributed by atoms with van der Waals surface area (Å²) in [4.78, 5) is 5.89. The van der Waals surface area contributed by atoms with E-state index in [0.29, 0.717) is 0 Å². The van der Waals surface area contributed by atoms with Crippen LogP contribution in [-0.4, -0.2) is 15.6 Å². The molecule has 3 heteroatoms. The van der Waals surface area contributed by atoms with E-state index in [1.165, 1.54) is 10.5 Å². The fraction of sp³-hybridized carbons (Fsp3) is 0.235. The number of hydrogen-bond donors (Lipinski definition) is 0. The number of fused-ring (bicyclic) bond motifs is 1. The molecule has 0 bridgehead atoms. The second kappa shape index (κ2) is 6.62. The van der Waals surface area contributed by atoms with Crippen LogP contribution in [0, 0.1) is 6.92 Å². The Labute approximate surface area is 124 Å². The Morgan fingerprint density at radius 2 is 1.65 bits per heavy atom. The first kappa shape index (κ1) is 14.7. The van der Waals surface area contributed by atoms with Gasteiger partial charge in [-0.3, -0.25) is 0 Å². The normalized spacial score (nSPS) is 10.2. The molecule has 0 aliphatic heterocycles. The number of benzene rings is 1. The topological polar surface area (TPSA) is 17.3 Å². The molecule has 3 rings (SSSR count). The van der Waals surface area contributed by atoms with Crippen LogP contribution >= 0.6 is 11.8 Å². The molecule has 1 aromatic carbocycles. The van der Waals surface area contributed by atoms with Gasteiger partial charge in [0, 0.05) is 22.9 Å². The molecule has 0 aliphatic rings. The van der Waals surface area contributed by atoms with Crippen LogP contribution in [0.25, 0.3) is 16.9 Å². The number of nitrogens with zero attached hydrogens (tertiary/aromatic N) is 2. The maximum Gasteiger partial charge on any atom is 0.137 e. The summed E-state index contributed by atoms with van der Waals surface area (Å²) in [6.45, 7) is 6.10. The van der Waals surface area contributed by atoms with Crippen molar-refractivity contribution in [1.29, 1.82) is 0 Å². The van der Waals surface area contributed by atoms with Gasteiger partial charge in [0.1, 0.15) is 5.65 Å². The minimum absolute atomic E-state index is 0.989. The third kappa shape index (κ3) is 3.05. The number of rotatable bonds is 2. The van der Waals surface area contributed by atoms with Crippen LogP contribution < -0.4 is 0 Å². The fourth-order valence-electron chi connectivity index (χ4n) is 1.96. The Kier molecular flexibility index (Phi) is 4.85. The Hall–Kier alpha value is -1.74. The van der Waals surface area contributed by atoms with E-state index in [4.69, 9.17) is 0 Å². The second-order valence-electron chi connectivity index (χ2n) is 4.33. The van der Waals surface area contributed by atoms with Gasteiger partial charge in [0.05, 0.1) is 5.69 Å². The van der Waals surface area contributed by atoms with E-state index in [1.54, 1.807) is 11.8 Å². The number of hydrogen-bond acceptors (Lipinski definition) is 2. The molecule has 0 atom stereocenters. The smallest absolute Gasteiger partial charge is 0.137 e. The van der Waals surface area contributed by atoms with Gasteiger partial charge >= 0.3 is 0 Å². The van der Waals surface area contributed by atoms with Crippen LogP contribution in [0.3, 0.4) is 0 Å². The summed E-state index contributed by atoms with van der Waals surface area (Å²) in [6, 6.07) is 12.6. The molecular formula is C17H20N2S. The van der Waals surface area contributed by atoms with Crippen LogP contribution in [0.15, 0.2) is 53.7 Å². The molecule has 0 amide bonds. The van der Waals surface area contributed by atoms with Gasteiger partial charge < -0.3 is 4.40 Å². The van der Waals surface area contributed by atoms with E-state index >= 15 is 0 Å². The lowest BCUT2D eigenvalue weighted by Crippen LogP contribution is -1.82. The molecule has 3 aromatic rings. The standard InChI is InChI=1S/C15H14N2S.C2H6/c1-11-3-5-12(6-4-11)14-10-17-9-13(18-2)7-8-15(17)16-14;1-2/h3-10H,1-2H3;1-2H3. The highest BCUT2D eigenvalue weighted by Crippen LogP contribution is 2.21. The van der Waals surface area contributed by atoms with E-state index in [1.807, 2.05) is 13.8 Å². The van der Waals surface area contributed by atoms with E-state index < -0.39 is 0 Å². The average Bonchev–Trinajstić information content (AvgIpc) is 2.92. The molecule has 2 heterocycles. The zero-order valence-electron chi connectivity index (χ0n) is 12.4. The van der Waals surface area contributed by atoms with Crippen molar-refractivity contribution in [2.45, 2.75) is 25.7 Å². The summed E-state index contributed by atoms with van der Waals surface area (Å²) in [5, 5.41) is 0. The molecule has 0 saturated carbocycles. The van der Waals surface area contributed by atoms with Gasteiger partial charge in [0.15, 0.2) is 0 Å². The maximum absolute atomic E-state index is 4.64. The van der Waals surface area contributed by atoms with Gasteiger partial charge in [-0.2, -0.15) is 0 Å². The number of aryl methyl sites for hydroxylation is 1. The van der Waals surface area contributed by atoms with Gasteiger partial charge in [-0.05, 0) is 25.3 Å². The molecular weight excluding hydrogens is 264 g/mol. The first-order valence-electron chi connectivity index (χ1n) is 6.86. The molecule has 2 aromatic heterocycles. The quantitative estimate of drug-likeness (QED) is 0.612. The third-order valence-corrected chi connectivity index (χ3v) is 3.72. The van der Waals surface area contributed by atoms with Gasteiger partial charge in [-0.25, -0.2) is 4.98 Å². The Balaban J connectivity index is 0.000000704. The van der Waals surface area contributed by atoms with Crippen LogP contribution in [0.5, 0.6) is 0 Å². The molecule has 0 saturated heterocycles. The molecule has 104 valence electrons. The summed E-state index contributed by atoms with van der Waals surface area (Å²) < 4.78 is 2.08. The zero-order chi connectivity index (χ0) is 14.5. The predicted octanol–water partition coefficient (Wildman–Crippen LogP) is 5.06. The van der Waals surface area contributed by atoms with Crippen LogP contribution in [0.1, 0.15) is 19.4 Å². The lowest BCUT2D eigenvalue weighted by molar-refractivity contribution is 1.13. The number of pyridine rings is 1. The number of thioether (sulfide) groups is 1. The lowest BCUT2D eigenvalue weighted by atomic mass is 10.1. The zero-order valence-corrected chi connectivity index (χ0v) is 13.2. The van der Waals surface area contributed by atoms with Gasteiger partial charge in [-0.15, -0.1) is 11.8 Å². The highest BCUT2D eigenvalue weighted by Gasteiger charge is 2.04. The summed E-state index contributed by atoms with van der Waals surface area (Å²) in [5.41, 5.74) is 4.44. The third-order valence-electron chi connectivity index (χ3n) is 3.01. The summed E-state index contributed by atoms with van der Waals surface area (Å²) >= 11 is 1.74. The minimum Gasteiger partial charge on any atom is -0.305 e. The lowest BCUT2D eigenvalue weighted by Gasteiger charge is -1.96. The van der Waals surface area contributed by atoms with Gasteiger partial charge in [0.2, 0.25) is 0 Å². The summed E-state index contributed by atoms with van der Waals surface area (Å²) in [7, 11) is 0. The van der Waals surface area contributed by atoms with Crippen molar-refractivity contribution in [3.05, 3.63) is 54.4 Å². The largest absolute Gasteiger partial charge is 0.305 e. The van der Waals surface area contributed by atoms with Crippen molar-refractivity contribution in [2.75, 3.05) is 6.26 Å². The van der Waals surface area contributed by atoms with E-state index in [2.05, 4.69) is 71.4 Å². The molecule has 0 N–H and O–H groups in total. The first-order chi connectivity index (χ1) is 9.76. The number of imidazole rings is 1. The summed E-state index contributed by atoms with van der Waals surface area (Å²) in [6.07, 6.45) is 6.28. The van der Waals surface area contributed by atoms with Crippen molar-refractivity contribution >= 4 is 17.4 Å². The average molecular weight is 284 g/mol. The second-order valence-corrected chi connectivity index (χ2v) is 5.21. The molecule has 0 unspecified atom stereocenters. The minimum atomic E-state index is 0.989. The van der Waals surface area contributed by atoms with Crippen molar-refractivity contribution in [2.24, 2.45) is 0 Å². The molecule has 2 nitrogen and oxygen atoms in total. The van der Waals surface area contributed by atoms with Crippen molar-refractivity contribution in [1.82, 2.24) is 9.38 Å². The van der Waals surface area contributed by atoms with Crippen molar-refractivity contribution in [3.63, 3.8) is 0 Å². The number of aromatic nitrogens is 2. The first-order valence-corrected chi connectivity index (χ1v) is 8.08. The molecule has 0 spiro atoms. The molecule has 0 radical (unpaired) electrons. The highest BCUT2D eigenvalue weighted by atomic mass is 32.2. The van der Waals surface area contributed by atoms with Crippen molar-refractivity contribution in [3.8, 4) is 11.3 Å². The van der Waals surface area contributed by atoms with Crippen LogP contribution in [-0.2, 0) is 0 Å².